The molecule has 31 heavy (non-hydrogen) atoms. The number of allylic oxidation sites excluding steroid dienone is 1. The Morgan fingerprint density at radius 3 is 2.06 bits per heavy atom. The lowest BCUT2D eigenvalue weighted by Gasteiger charge is -2.26. The summed E-state index contributed by atoms with van der Waals surface area (Å²) in [7, 11) is 0. The third-order valence-corrected chi connectivity index (χ3v) is 6.29. The number of esters is 2. The highest BCUT2D eigenvalue weighted by atomic mass is 16.6. The number of hydrogen-bond acceptors (Lipinski definition) is 5. The molecule has 1 atom stereocenters. The number of ether oxygens (including phenoxy) is 2. The number of hydrogen-bond donors (Lipinski definition) is 1. The number of carbonyl (C=O) groups excluding carboxylic acids is 2. The van der Waals surface area contributed by atoms with Crippen LogP contribution in [0.25, 0.3) is 0 Å². The Kier molecular flexibility index (Phi) is 11.3. The monoisotopic (exact) mass is 438 g/mol. The molecule has 180 valence electrons. The minimum atomic E-state index is -1.16. The summed E-state index contributed by atoms with van der Waals surface area (Å²) >= 11 is 0. The molecule has 1 saturated heterocycles. The standard InChI is InChI=1S/C26H46O5/c1-17(2)11-21(12-18(3)4)9-10-22-14-26(15-27,31-25(22)29)16-30-24(28)13-23(19(5)6)20(7)8/h10,17-21,23,27H,9,11-16H2,1-8H3/b22-10+. The minimum absolute atomic E-state index is 0.101. The van der Waals surface area contributed by atoms with Crippen molar-refractivity contribution in [3.8, 4) is 0 Å². The van der Waals surface area contributed by atoms with Crippen molar-refractivity contribution < 1.29 is 24.2 Å². The lowest BCUT2D eigenvalue weighted by atomic mass is 9.83. The van der Waals surface area contributed by atoms with Crippen LogP contribution in [0.15, 0.2) is 11.6 Å². The average molecular weight is 439 g/mol. The minimum Gasteiger partial charge on any atom is -0.461 e. The van der Waals surface area contributed by atoms with Crippen molar-refractivity contribution in [3.05, 3.63) is 11.6 Å². The maximum absolute atomic E-state index is 12.5. The van der Waals surface area contributed by atoms with Gasteiger partial charge in [-0.25, -0.2) is 4.79 Å². The molecule has 0 bridgehead atoms. The first-order valence-electron chi connectivity index (χ1n) is 12.1. The molecule has 1 aliphatic heterocycles. The number of carbonyl (C=O) groups is 2. The first-order valence-corrected chi connectivity index (χ1v) is 12.1. The van der Waals surface area contributed by atoms with Crippen LogP contribution in [0.3, 0.4) is 0 Å². The van der Waals surface area contributed by atoms with Crippen LogP contribution in [0.1, 0.15) is 87.5 Å². The number of aliphatic hydroxyl groups is 1. The fourth-order valence-electron chi connectivity index (χ4n) is 4.72. The Bertz CT molecular complexity index is 587. The second-order valence-corrected chi connectivity index (χ2v) is 11.0. The van der Waals surface area contributed by atoms with Crippen LogP contribution in [0.4, 0.5) is 0 Å². The van der Waals surface area contributed by atoms with Crippen molar-refractivity contribution in [3.63, 3.8) is 0 Å². The van der Waals surface area contributed by atoms with Gasteiger partial charge in [0.1, 0.15) is 6.61 Å². The van der Waals surface area contributed by atoms with E-state index in [4.69, 9.17) is 9.47 Å². The zero-order chi connectivity index (χ0) is 23.8. The van der Waals surface area contributed by atoms with Gasteiger partial charge in [0.25, 0.3) is 0 Å². The Labute approximate surface area is 190 Å². The van der Waals surface area contributed by atoms with Gasteiger partial charge in [0.15, 0.2) is 5.60 Å². The number of rotatable bonds is 13. The summed E-state index contributed by atoms with van der Waals surface area (Å²) < 4.78 is 11.0. The molecule has 1 fully saturated rings. The van der Waals surface area contributed by atoms with Gasteiger partial charge in [-0.2, -0.15) is 0 Å². The van der Waals surface area contributed by atoms with Gasteiger partial charge in [-0.3, -0.25) is 4.79 Å². The summed E-state index contributed by atoms with van der Waals surface area (Å²) in [6.45, 7) is 16.8. The second-order valence-electron chi connectivity index (χ2n) is 11.0. The third kappa shape index (κ3) is 9.34. The van der Waals surface area contributed by atoms with Crippen molar-refractivity contribution in [2.24, 2.45) is 35.5 Å². The van der Waals surface area contributed by atoms with Gasteiger partial charge in [-0.05, 0) is 54.8 Å². The molecule has 5 nitrogen and oxygen atoms in total. The van der Waals surface area contributed by atoms with E-state index in [9.17, 15) is 14.7 Å². The van der Waals surface area contributed by atoms with E-state index in [1.165, 1.54) is 0 Å². The molecule has 1 N–H and O–H groups in total. The van der Waals surface area contributed by atoms with E-state index in [2.05, 4.69) is 55.4 Å². The molecule has 0 saturated carbocycles. The van der Waals surface area contributed by atoms with E-state index >= 15 is 0 Å². The Morgan fingerprint density at radius 2 is 1.61 bits per heavy atom. The summed E-state index contributed by atoms with van der Waals surface area (Å²) in [5, 5.41) is 9.94. The molecule has 0 aliphatic carbocycles. The van der Waals surface area contributed by atoms with Gasteiger partial charge in [0.05, 0.1) is 6.61 Å². The van der Waals surface area contributed by atoms with Crippen LogP contribution in [-0.2, 0) is 19.1 Å². The quantitative estimate of drug-likeness (QED) is 0.301. The van der Waals surface area contributed by atoms with Gasteiger partial charge in [-0.1, -0.05) is 61.5 Å². The van der Waals surface area contributed by atoms with Crippen molar-refractivity contribution in [2.75, 3.05) is 13.2 Å². The Hall–Kier alpha value is -1.36. The predicted octanol–water partition coefficient (Wildman–Crippen LogP) is 5.55. The van der Waals surface area contributed by atoms with Crippen LogP contribution in [-0.4, -0.2) is 35.9 Å². The highest BCUT2D eigenvalue weighted by Crippen LogP contribution is 2.33. The first-order chi connectivity index (χ1) is 14.4. The number of aliphatic hydroxyl groups excluding tert-OH is 1. The molecule has 0 aromatic carbocycles. The molecule has 0 amide bonds. The van der Waals surface area contributed by atoms with Crippen LogP contribution in [0, 0.1) is 35.5 Å². The molecule has 1 heterocycles. The fourth-order valence-corrected chi connectivity index (χ4v) is 4.72. The zero-order valence-corrected chi connectivity index (χ0v) is 21.1. The first kappa shape index (κ1) is 27.7. The van der Waals surface area contributed by atoms with Gasteiger partial charge in [0, 0.05) is 18.4 Å². The van der Waals surface area contributed by atoms with E-state index in [0.29, 0.717) is 41.6 Å². The summed E-state index contributed by atoms with van der Waals surface area (Å²) in [4.78, 5) is 24.9. The van der Waals surface area contributed by atoms with Crippen LogP contribution in [0.5, 0.6) is 0 Å². The topological polar surface area (TPSA) is 72.8 Å². The largest absolute Gasteiger partial charge is 0.461 e. The van der Waals surface area contributed by atoms with Crippen molar-refractivity contribution in [1.82, 2.24) is 0 Å². The molecule has 1 rings (SSSR count). The van der Waals surface area contributed by atoms with Crippen LogP contribution >= 0.6 is 0 Å². The molecule has 0 radical (unpaired) electrons. The molecule has 1 unspecified atom stereocenters. The Morgan fingerprint density at radius 1 is 1.06 bits per heavy atom. The van der Waals surface area contributed by atoms with Crippen LogP contribution in [0.2, 0.25) is 0 Å². The third-order valence-electron chi connectivity index (χ3n) is 6.29. The summed E-state index contributed by atoms with van der Waals surface area (Å²) in [6, 6.07) is 0. The predicted molar refractivity (Wildman–Crippen MR) is 124 cm³/mol. The van der Waals surface area contributed by atoms with Crippen molar-refractivity contribution in [2.45, 2.75) is 93.1 Å². The molecular weight excluding hydrogens is 392 g/mol. The highest BCUT2D eigenvalue weighted by Gasteiger charge is 2.44. The van der Waals surface area contributed by atoms with Gasteiger partial charge in [-0.15, -0.1) is 0 Å². The van der Waals surface area contributed by atoms with Crippen molar-refractivity contribution in [1.29, 1.82) is 0 Å². The van der Waals surface area contributed by atoms with E-state index in [1.807, 2.05) is 6.08 Å². The van der Waals surface area contributed by atoms with E-state index in [-0.39, 0.29) is 31.5 Å². The zero-order valence-electron chi connectivity index (χ0n) is 21.1. The fraction of sp³-hybridized carbons (Fsp3) is 0.846. The maximum atomic E-state index is 12.5. The maximum Gasteiger partial charge on any atom is 0.334 e. The van der Waals surface area contributed by atoms with Crippen molar-refractivity contribution >= 4 is 11.9 Å². The number of cyclic esters (lactones) is 1. The summed E-state index contributed by atoms with van der Waals surface area (Å²) in [5.74, 6) is 2.01. The molecular formula is C26H46O5. The summed E-state index contributed by atoms with van der Waals surface area (Å²) in [5.41, 5.74) is -0.570. The van der Waals surface area contributed by atoms with Crippen LogP contribution < -0.4 is 0 Å². The van der Waals surface area contributed by atoms with E-state index in [0.717, 1.165) is 19.3 Å². The Balaban J connectivity index is 2.75. The molecule has 0 aromatic heterocycles. The van der Waals surface area contributed by atoms with E-state index < -0.39 is 11.6 Å². The average Bonchev–Trinajstić information content (AvgIpc) is 2.97. The second kappa shape index (κ2) is 12.6. The molecule has 0 spiro atoms. The van der Waals surface area contributed by atoms with Gasteiger partial charge in [0.2, 0.25) is 0 Å². The summed E-state index contributed by atoms with van der Waals surface area (Å²) in [6.07, 6.45) is 5.65. The SMILES string of the molecule is CC(C)CC(C/C=C1\CC(CO)(COC(=O)CC(C(C)C)C(C)C)OC1=O)CC(C)C. The van der Waals surface area contributed by atoms with Gasteiger partial charge >= 0.3 is 11.9 Å². The lowest BCUT2D eigenvalue weighted by molar-refractivity contribution is -0.167. The molecule has 1 aliphatic rings. The normalized spacial score (nSPS) is 20.9. The highest BCUT2D eigenvalue weighted by molar-refractivity contribution is 5.91. The smallest absolute Gasteiger partial charge is 0.334 e. The lowest BCUT2D eigenvalue weighted by Crippen LogP contribution is -2.39. The van der Waals surface area contributed by atoms with E-state index in [1.54, 1.807) is 0 Å². The van der Waals surface area contributed by atoms with Gasteiger partial charge < -0.3 is 14.6 Å². The molecule has 5 heteroatoms. The molecule has 0 aromatic rings.